The van der Waals surface area contributed by atoms with Crippen molar-refractivity contribution in [3.05, 3.63) is 106 Å². The van der Waals surface area contributed by atoms with Gasteiger partial charge in [0.05, 0.1) is 0 Å². The lowest BCUT2D eigenvalue weighted by atomic mass is 10.1. The number of benzene rings is 2. The first-order valence-electron chi connectivity index (χ1n) is 10.2. The monoisotopic (exact) mass is 436 g/mol. The molecule has 4 rings (SSSR count). The minimum Gasteiger partial charge on any atom is -0.438 e. The highest BCUT2D eigenvalue weighted by atomic mass is 16.5. The molecule has 33 heavy (non-hydrogen) atoms. The molecule has 0 saturated heterocycles. The number of anilines is 1. The zero-order chi connectivity index (χ0) is 23.4. The summed E-state index contributed by atoms with van der Waals surface area (Å²) in [5.74, 6) is -0.156. The number of nitrogens with zero attached hydrogens (tertiary/aromatic N) is 3. The van der Waals surface area contributed by atoms with Crippen LogP contribution in [0.4, 0.5) is 5.69 Å². The summed E-state index contributed by atoms with van der Waals surface area (Å²) in [7, 11) is 0. The van der Waals surface area contributed by atoms with Crippen molar-refractivity contribution in [2.75, 3.05) is 5.32 Å². The lowest BCUT2D eigenvalue weighted by molar-refractivity contribution is -0.112. The summed E-state index contributed by atoms with van der Waals surface area (Å²) in [5, 5.41) is 12.3. The minimum atomic E-state index is -0.639. The number of pyridine rings is 1. The molecule has 0 aliphatic rings. The fourth-order valence-electron chi connectivity index (χ4n) is 3.13. The molecular formula is C26H20N4O3. The van der Waals surface area contributed by atoms with Crippen LogP contribution in [-0.2, 0) is 4.79 Å². The number of carbonyl (C=O) groups excluding carboxylic acids is 1. The number of aryl methyl sites for hydroxylation is 2. The Morgan fingerprint density at radius 1 is 1.03 bits per heavy atom. The Balaban J connectivity index is 1.78. The van der Waals surface area contributed by atoms with E-state index in [-0.39, 0.29) is 17.0 Å². The van der Waals surface area contributed by atoms with E-state index in [2.05, 4.69) is 10.3 Å². The van der Waals surface area contributed by atoms with Crippen LogP contribution in [0, 0.1) is 25.2 Å². The molecule has 162 valence electrons. The summed E-state index contributed by atoms with van der Waals surface area (Å²) < 4.78 is 7.23. The normalized spacial score (nSPS) is 11.1. The summed E-state index contributed by atoms with van der Waals surface area (Å²) in [6.07, 6.45) is 2.78. The van der Waals surface area contributed by atoms with Crippen LogP contribution in [0.3, 0.4) is 0 Å². The molecule has 0 fully saturated rings. The van der Waals surface area contributed by atoms with Crippen LogP contribution in [0.1, 0.15) is 16.7 Å². The average Bonchev–Trinajstić information content (AvgIpc) is 2.82. The number of nitriles is 1. The molecule has 0 aliphatic carbocycles. The molecule has 1 N–H and O–H groups in total. The first-order chi connectivity index (χ1) is 15.9. The zero-order valence-electron chi connectivity index (χ0n) is 18.1. The molecule has 4 aromatic rings. The molecule has 7 heteroatoms. The summed E-state index contributed by atoms with van der Waals surface area (Å²) in [4.78, 5) is 30.4. The van der Waals surface area contributed by atoms with E-state index in [0.29, 0.717) is 17.1 Å². The molecule has 0 saturated carbocycles. The highest BCUT2D eigenvalue weighted by Gasteiger charge is 2.17. The maximum Gasteiger partial charge on any atom is 0.269 e. The molecule has 0 atom stereocenters. The summed E-state index contributed by atoms with van der Waals surface area (Å²) in [6.45, 7) is 3.88. The highest BCUT2D eigenvalue weighted by molar-refractivity contribution is 6.09. The van der Waals surface area contributed by atoms with Gasteiger partial charge < -0.3 is 10.1 Å². The fourth-order valence-corrected chi connectivity index (χ4v) is 3.13. The van der Waals surface area contributed by atoms with E-state index in [1.807, 2.05) is 44.2 Å². The molecule has 0 bridgehead atoms. The smallest absolute Gasteiger partial charge is 0.269 e. The van der Waals surface area contributed by atoms with Crippen molar-refractivity contribution in [1.82, 2.24) is 9.38 Å². The SMILES string of the molecule is Cc1ccc(NC(=O)C(C#N)=Cc2c(Oc3ccc(C)cc3)nc3ccccn3c2=O)cc1. The number of hydrogen-bond donors (Lipinski definition) is 1. The van der Waals surface area contributed by atoms with E-state index >= 15 is 0 Å². The summed E-state index contributed by atoms with van der Waals surface area (Å²) in [5.41, 5.74) is 2.29. The molecule has 0 aliphatic heterocycles. The van der Waals surface area contributed by atoms with Gasteiger partial charge in [0.1, 0.15) is 28.6 Å². The number of aromatic nitrogens is 2. The number of nitrogens with one attached hydrogen (secondary N) is 1. The van der Waals surface area contributed by atoms with Gasteiger partial charge in [-0.1, -0.05) is 41.5 Å². The lowest BCUT2D eigenvalue weighted by Gasteiger charge is -2.10. The van der Waals surface area contributed by atoms with E-state index in [1.165, 1.54) is 10.5 Å². The number of rotatable bonds is 5. The van der Waals surface area contributed by atoms with Crippen LogP contribution in [-0.4, -0.2) is 15.3 Å². The predicted molar refractivity (Wildman–Crippen MR) is 126 cm³/mol. The largest absolute Gasteiger partial charge is 0.438 e. The molecule has 7 nitrogen and oxygen atoms in total. The van der Waals surface area contributed by atoms with Crippen LogP contribution < -0.4 is 15.6 Å². The Labute approximate surface area is 190 Å². The number of fused-ring (bicyclic) bond motifs is 1. The zero-order valence-corrected chi connectivity index (χ0v) is 18.1. The Morgan fingerprint density at radius 2 is 1.70 bits per heavy atom. The average molecular weight is 436 g/mol. The third kappa shape index (κ3) is 4.81. The third-order valence-electron chi connectivity index (χ3n) is 4.93. The second kappa shape index (κ2) is 9.20. The highest BCUT2D eigenvalue weighted by Crippen LogP contribution is 2.24. The van der Waals surface area contributed by atoms with Gasteiger partial charge in [-0.3, -0.25) is 14.0 Å². The Bertz CT molecular complexity index is 1460. The van der Waals surface area contributed by atoms with Crippen molar-refractivity contribution in [3.8, 4) is 17.7 Å². The van der Waals surface area contributed by atoms with Gasteiger partial charge in [-0.15, -0.1) is 0 Å². The topological polar surface area (TPSA) is 96.5 Å². The Kier molecular flexibility index (Phi) is 6.00. The molecule has 1 amide bonds. The van der Waals surface area contributed by atoms with Crippen LogP contribution in [0.25, 0.3) is 11.7 Å². The number of hydrogen-bond acceptors (Lipinski definition) is 5. The van der Waals surface area contributed by atoms with E-state index in [4.69, 9.17) is 4.74 Å². The van der Waals surface area contributed by atoms with Crippen LogP contribution >= 0.6 is 0 Å². The molecule has 0 unspecified atom stereocenters. The molecule has 0 spiro atoms. The van der Waals surface area contributed by atoms with Crippen molar-refractivity contribution in [2.24, 2.45) is 0 Å². The van der Waals surface area contributed by atoms with E-state index < -0.39 is 11.5 Å². The standard InChI is InChI=1S/C26H20N4O3/c1-17-6-10-20(11-7-17)28-24(31)19(16-27)15-22-25(33-21-12-8-18(2)9-13-21)29-23-5-3-4-14-30(23)26(22)32/h3-15H,1-2H3,(H,28,31). The van der Waals surface area contributed by atoms with Crippen LogP contribution in [0.15, 0.2) is 83.3 Å². The molecule has 2 aromatic heterocycles. The van der Waals surface area contributed by atoms with Crippen molar-refractivity contribution < 1.29 is 9.53 Å². The molecular weight excluding hydrogens is 416 g/mol. The van der Waals surface area contributed by atoms with Crippen molar-refractivity contribution in [1.29, 1.82) is 5.26 Å². The van der Waals surface area contributed by atoms with E-state index in [9.17, 15) is 14.9 Å². The van der Waals surface area contributed by atoms with Crippen molar-refractivity contribution in [3.63, 3.8) is 0 Å². The van der Waals surface area contributed by atoms with Crippen LogP contribution in [0.5, 0.6) is 11.6 Å². The van der Waals surface area contributed by atoms with E-state index in [1.54, 1.807) is 48.7 Å². The van der Waals surface area contributed by atoms with Gasteiger partial charge >= 0.3 is 0 Å². The number of carbonyl (C=O) groups is 1. The quantitative estimate of drug-likeness (QED) is 0.363. The van der Waals surface area contributed by atoms with Gasteiger partial charge in [0.25, 0.3) is 11.5 Å². The van der Waals surface area contributed by atoms with Gasteiger partial charge in [-0.2, -0.15) is 10.2 Å². The van der Waals surface area contributed by atoms with Gasteiger partial charge in [0.15, 0.2) is 0 Å². The first-order valence-corrected chi connectivity index (χ1v) is 10.2. The minimum absolute atomic E-state index is 0.00474. The maximum absolute atomic E-state index is 13.2. The predicted octanol–water partition coefficient (Wildman–Crippen LogP) is 4.65. The number of amides is 1. The first kappa shape index (κ1) is 21.5. The van der Waals surface area contributed by atoms with Gasteiger partial charge in [0, 0.05) is 11.9 Å². The molecule has 2 heterocycles. The maximum atomic E-state index is 13.2. The van der Waals surface area contributed by atoms with Crippen LogP contribution in [0.2, 0.25) is 0 Å². The summed E-state index contributed by atoms with van der Waals surface area (Å²) in [6, 6.07) is 21.4. The second-order valence-corrected chi connectivity index (χ2v) is 7.47. The molecule has 2 aromatic carbocycles. The van der Waals surface area contributed by atoms with E-state index in [0.717, 1.165) is 11.1 Å². The van der Waals surface area contributed by atoms with Gasteiger partial charge in [0.2, 0.25) is 5.88 Å². The Hall–Kier alpha value is -4.70. The third-order valence-corrected chi connectivity index (χ3v) is 4.93. The second-order valence-electron chi connectivity index (χ2n) is 7.47. The summed E-state index contributed by atoms with van der Waals surface area (Å²) >= 11 is 0. The van der Waals surface area contributed by atoms with Crippen molar-refractivity contribution >= 4 is 23.3 Å². The van der Waals surface area contributed by atoms with Crippen molar-refractivity contribution in [2.45, 2.75) is 13.8 Å². The molecule has 0 radical (unpaired) electrons. The van der Waals surface area contributed by atoms with Gasteiger partial charge in [-0.25, -0.2) is 0 Å². The number of ether oxygens (including phenoxy) is 1. The lowest BCUT2D eigenvalue weighted by Crippen LogP contribution is -2.20. The van der Waals surface area contributed by atoms with Gasteiger partial charge in [-0.05, 0) is 56.3 Å². The Morgan fingerprint density at radius 3 is 2.36 bits per heavy atom. The fraction of sp³-hybridized carbons (Fsp3) is 0.0769.